The highest BCUT2D eigenvalue weighted by atomic mass is 16.1. The summed E-state index contributed by atoms with van der Waals surface area (Å²) in [6.45, 7) is 4.12. The fourth-order valence-corrected chi connectivity index (χ4v) is 3.65. The van der Waals surface area contributed by atoms with Crippen LogP contribution in [0, 0.1) is 6.92 Å². The smallest absolute Gasteiger partial charge is 0.252 e. The highest BCUT2D eigenvalue weighted by Crippen LogP contribution is 2.25. The first kappa shape index (κ1) is 17.7. The Bertz CT molecular complexity index is 957. The Hall–Kier alpha value is -2.72. The van der Waals surface area contributed by atoms with Crippen molar-refractivity contribution >= 4 is 16.8 Å². The van der Waals surface area contributed by atoms with Crippen molar-refractivity contribution < 1.29 is 4.79 Å². The second-order valence-corrected chi connectivity index (χ2v) is 7.49. The van der Waals surface area contributed by atoms with Gasteiger partial charge in [-0.25, -0.2) is 4.98 Å². The molecule has 27 heavy (non-hydrogen) atoms. The predicted molar refractivity (Wildman–Crippen MR) is 110 cm³/mol. The lowest BCUT2D eigenvalue weighted by Gasteiger charge is -2.29. The molecule has 1 aliphatic heterocycles. The largest absolute Gasteiger partial charge is 0.349 e. The minimum Gasteiger partial charge on any atom is -0.349 e. The first-order valence-corrected chi connectivity index (χ1v) is 9.56. The van der Waals surface area contributed by atoms with Crippen LogP contribution in [-0.4, -0.2) is 42.0 Å². The molecule has 138 valence electrons. The molecule has 4 rings (SSSR count). The fraction of sp³-hybridized carbons (Fsp3) is 0.304. The van der Waals surface area contributed by atoms with Gasteiger partial charge < -0.3 is 10.2 Å². The van der Waals surface area contributed by atoms with Crippen LogP contribution in [0.1, 0.15) is 28.8 Å². The highest BCUT2D eigenvalue weighted by molar-refractivity contribution is 6.07. The molecule has 2 aromatic carbocycles. The van der Waals surface area contributed by atoms with Crippen molar-refractivity contribution in [1.29, 1.82) is 0 Å². The molecule has 0 saturated carbocycles. The number of rotatable bonds is 3. The fourth-order valence-electron chi connectivity index (χ4n) is 3.65. The lowest BCUT2D eigenvalue weighted by Crippen LogP contribution is -2.43. The van der Waals surface area contributed by atoms with Gasteiger partial charge in [0.15, 0.2) is 0 Å². The van der Waals surface area contributed by atoms with Crippen molar-refractivity contribution in [2.75, 3.05) is 20.1 Å². The Morgan fingerprint density at radius 2 is 1.78 bits per heavy atom. The summed E-state index contributed by atoms with van der Waals surface area (Å²) in [6, 6.07) is 18.3. The number of carbonyl (C=O) groups is 1. The number of carbonyl (C=O) groups excluding carboxylic acids is 1. The van der Waals surface area contributed by atoms with Crippen LogP contribution in [0.4, 0.5) is 0 Å². The number of para-hydroxylation sites is 1. The first-order valence-electron chi connectivity index (χ1n) is 9.56. The van der Waals surface area contributed by atoms with Gasteiger partial charge in [-0.15, -0.1) is 0 Å². The van der Waals surface area contributed by atoms with Gasteiger partial charge in [-0.2, -0.15) is 0 Å². The number of likely N-dealkylation sites (tertiary alicyclic amines) is 1. The standard InChI is InChI=1S/C23H25N3O/c1-16-7-9-17(10-8-16)22-15-20(19-5-3-4-6-21(19)25-22)23(27)24-18-11-13-26(2)14-12-18/h3-10,15,18H,11-14H2,1-2H3,(H,24,27). The van der Waals surface area contributed by atoms with E-state index in [9.17, 15) is 4.79 Å². The SMILES string of the molecule is Cc1ccc(-c2cc(C(=O)NC3CCN(C)CC3)c3ccccc3n2)cc1. The van der Waals surface area contributed by atoms with E-state index in [2.05, 4.69) is 48.5 Å². The summed E-state index contributed by atoms with van der Waals surface area (Å²) in [5, 5.41) is 4.14. The van der Waals surface area contributed by atoms with Crippen LogP contribution >= 0.6 is 0 Å². The number of pyridine rings is 1. The van der Waals surface area contributed by atoms with Crippen LogP contribution < -0.4 is 5.32 Å². The zero-order valence-electron chi connectivity index (χ0n) is 15.9. The molecule has 4 nitrogen and oxygen atoms in total. The third-order valence-corrected chi connectivity index (χ3v) is 5.36. The van der Waals surface area contributed by atoms with Crippen LogP contribution in [0.25, 0.3) is 22.2 Å². The Morgan fingerprint density at radius 1 is 1.07 bits per heavy atom. The summed E-state index contributed by atoms with van der Waals surface area (Å²) in [4.78, 5) is 20.2. The van der Waals surface area contributed by atoms with Gasteiger partial charge in [0.05, 0.1) is 16.8 Å². The van der Waals surface area contributed by atoms with Gasteiger partial charge in [-0.3, -0.25) is 4.79 Å². The quantitative estimate of drug-likeness (QED) is 0.768. The first-order chi connectivity index (χ1) is 13.1. The molecule has 1 N–H and O–H groups in total. The van der Waals surface area contributed by atoms with Crippen LogP contribution in [0.15, 0.2) is 54.6 Å². The minimum absolute atomic E-state index is 0.00323. The van der Waals surface area contributed by atoms with Gasteiger partial charge in [-0.1, -0.05) is 48.0 Å². The molecule has 2 heterocycles. The number of nitrogens with zero attached hydrogens (tertiary/aromatic N) is 2. The summed E-state index contributed by atoms with van der Waals surface area (Å²) in [5.41, 5.74) is 4.63. The molecule has 0 bridgehead atoms. The molecule has 1 aliphatic rings. The minimum atomic E-state index is -0.00323. The molecular formula is C23H25N3O. The van der Waals surface area contributed by atoms with Crippen LogP contribution in [0.5, 0.6) is 0 Å². The van der Waals surface area contributed by atoms with Crippen molar-refractivity contribution in [3.05, 3.63) is 65.7 Å². The van der Waals surface area contributed by atoms with E-state index >= 15 is 0 Å². The monoisotopic (exact) mass is 359 g/mol. The Labute approximate surface area is 160 Å². The third-order valence-electron chi connectivity index (χ3n) is 5.36. The number of hydrogen-bond donors (Lipinski definition) is 1. The molecule has 3 aromatic rings. The summed E-state index contributed by atoms with van der Waals surface area (Å²) in [5.74, 6) is -0.00323. The van der Waals surface area contributed by atoms with Gasteiger partial charge in [0.1, 0.15) is 0 Å². The predicted octanol–water partition coefficient (Wildman–Crippen LogP) is 4.03. The average molecular weight is 359 g/mol. The Morgan fingerprint density at radius 3 is 2.52 bits per heavy atom. The molecule has 0 aliphatic carbocycles. The lowest BCUT2D eigenvalue weighted by molar-refractivity contribution is 0.0918. The van der Waals surface area contributed by atoms with Crippen molar-refractivity contribution in [1.82, 2.24) is 15.2 Å². The number of hydrogen-bond acceptors (Lipinski definition) is 3. The second kappa shape index (κ2) is 7.49. The van der Waals surface area contributed by atoms with E-state index in [1.807, 2.05) is 30.3 Å². The van der Waals surface area contributed by atoms with Crippen LogP contribution in [-0.2, 0) is 0 Å². The van der Waals surface area contributed by atoms with Crippen LogP contribution in [0.2, 0.25) is 0 Å². The molecule has 1 saturated heterocycles. The van der Waals surface area contributed by atoms with E-state index in [0.717, 1.165) is 48.1 Å². The van der Waals surface area contributed by atoms with Crippen molar-refractivity contribution in [3.8, 4) is 11.3 Å². The van der Waals surface area contributed by atoms with E-state index in [1.165, 1.54) is 5.56 Å². The van der Waals surface area contributed by atoms with Gasteiger partial charge in [0, 0.05) is 17.0 Å². The van der Waals surface area contributed by atoms with Crippen LogP contribution in [0.3, 0.4) is 0 Å². The van der Waals surface area contributed by atoms with Gasteiger partial charge in [0.2, 0.25) is 0 Å². The number of piperidine rings is 1. The number of amides is 1. The van der Waals surface area contributed by atoms with Crippen molar-refractivity contribution in [2.24, 2.45) is 0 Å². The van der Waals surface area contributed by atoms with Gasteiger partial charge in [0.25, 0.3) is 5.91 Å². The number of nitrogens with one attached hydrogen (secondary N) is 1. The van der Waals surface area contributed by atoms with E-state index in [4.69, 9.17) is 4.98 Å². The van der Waals surface area contributed by atoms with Crippen molar-refractivity contribution in [2.45, 2.75) is 25.8 Å². The van der Waals surface area contributed by atoms with E-state index in [-0.39, 0.29) is 11.9 Å². The highest BCUT2D eigenvalue weighted by Gasteiger charge is 2.21. The summed E-state index contributed by atoms with van der Waals surface area (Å²) < 4.78 is 0. The molecule has 4 heteroatoms. The zero-order chi connectivity index (χ0) is 18.8. The Kier molecular flexibility index (Phi) is 4.90. The van der Waals surface area contributed by atoms with E-state index in [1.54, 1.807) is 0 Å². The molecule has 1 aromatic heterocycles. The second-order valence-electron chi connectivity index (χ2n) is 7.49. The molecule has 1 fully saturated rings. The zero-order valence-corrected chi connectivity index (χ0v) is 15.9. The van der Waals surface area contributed by atoms with Crippen molar-refractivity contribution in [3.63, 3.8) is 0 Å². The number of aryl methyl sites for hydroxylation is 1. The molecule has 0 atom stereocenters. The lowest BCUT2D eigenvalue weighted by atomic mass is 10.0. The van der Waals surface area contributed by atoms with E-state index < -0.39 is 0 Å². The Balaban J connectivity index is 1.70. The summed E-state index contributed by atoms with van der Waals surface area (Å²) in [7, 11) is 2.13. The number of aromatic nitrogens is 1. The van der Waals surface area contributed by atoms with Gasteiger partial charge >= 0.3 is 0 Å². The third kappa shape index (κ3) is 3.86. The maximum atomic E-state index is 13.1. The molecular weight excluding hydrogens is 334 g/mol. The molecule has 0 unspecified atom stereocenters. The number of fused-ring (bicyclic) bond motifs is 1. The topological polar surface area (TPSA) is 45.2 Å². The molecule has 0 spiro atoms. The maximum Gasteiger partial charge on any atom is 0.252 e. The van der Waals surface area contributed by atoms with E-state index in [0.29, 0.717) is 5.56 Å². The maximum absolute atomic E-state index is 13.1. The number of benzene rings is 2. The average Bonchev–Trinajstić information content (AvgIpc) is 2.69. The molecule has 1 amide bonds. The summed E-state index contributed by atoms with van der Waals surface area (Å²) >= 11 is 0. The normalized spacial score (nSPS) is 15.8. The summed E-state index contributed by atoms with van der Waals surface area (Å²) in [6.07, 6.45) is 1.99. The van der Waals surface area contributed by atoms with Gasteiger partial charge in [-0.05, 0) is 52.0 Å². The molecule has 0 radical (unpaired) electrons.